The van der Waals surface area contributed by atoms with Crippen LogP contribution in [0.3, 0.4) is 0 Å². The lowest BCUT2D eigenvalue weighted by atomic mass is 10.1. The van der Waals surface area contributed by atoms with Crippen LogP contribution in [0.1, 0.15) is 0 Å². The molecule has 1 aromatic carbocycles. The number of aromatic nitrogens is 4. The quantitative estimate of drug-likeness (QED) is 0.719. The molecule has 2 aromatic heterocycles. The molecule has 9 heteroatoms. The molecule has 3 heterocycles. The van der Waals surface area contributed by atoms with E-state index in [-0.39, 0.29) is 6.09 Å². The van der Waals surface area contributed by atoms with E-state index in [9.17, 15) is 4.79 Å². The number of amides is 1. The predicted molar refractivity (Wildman–Crippen MR) is 94.2 cm³/mol. The number of ether oxygens (including phenoxy) is 2. The van der Waals surface area contributed by atoms with Crippen LogP contribution in [0.15, 0.2) is 36.7 Å². The molecular formula is C17H18N6O3. The number of fused-ring (bicyclic) bond motifs is 1. The van der Waals surface area contributed by atoms with E-state index in [1.165, 1.54) is 0 Å². The first-order chi connectivity index (χ1) is 12.7. The summed E-state index contributed by atoms with van der Waals surface area (Å²) in [6.07, 6.45) is 1.29. The van der Waals surface area contributed by atoms with Crippen molar-refractivity contribution >= 4 is 17.4 Å². The number of rotatable bonds is 6. The highest BCUT2D eigenvalue weighted by atomic mass is 16.6. The smallest absolute Gasteiger partial charge is 0.409 e. The van der Waals surface area contributed by atoms with Gasteiger partial charge in [0.15, 0.2) is 0 Å². The van der Waals surface area contributed by atoms with Crippen LogP contribution in [0.2, 0.25) is 0 Å². The molecule has 9 nitrogen and oxygen atoms in total. The normalized spacial score (nSPS) is 13.9. The van der Waals surface area contributed by atoms with Crippen molar-refractivity contribution in [2.75, 3.05) is 38.7 Å². The monoisotopic (exact) mass is 354 g/mol. The number of hydrogen-bond acceptors (Lipinski definition) is 7. The van der Waals surface area contributed by atoms with E-state index in [4.69, 9.17) is 9.47 Å². The second-order valence-corrected chi connectivity index (χ2v) is 5.80. The van der Waals surface area contributed by atoms with Crippen LogP contribution in [-0.2, 0) is 4.74 Å². The first-order valence-electron chi connectivity index (χ1n) is 8.25. The van der Waals surface area contributed by atoms with Crippen molar-refractivity contribution in [1.29, 1.82) is 0 Å². The molecule has 0 atom stereocenters. The van der Waals surface area contributed by atoms with E-state index in [1.807, 2.05) is 30.3 Å². The highest BCUT2D eigenvalue weighted by Gasteiger charge is 2.21. The standard InChI is InChI=1S/C17H18N6O3/c1-25-13-4-2-12(3-5-13)14-10-15(16-20-19-11-23(16)21-14)18-6-7-22-8-9-26-17(22)24/h2-5,10-11,18H,6-9H2,1H3. The number of nitrogens with one attached hydrogen (secondary N) is 1. The van der Waals surface area contributed by atoms with Crippen LogP contribution in [0, 0.1) is 0 Å². The predicted octanol–water partition coefficient (Wildman–Crippen LogP) is 1.66. The van der Waals surface area contributed by atoms with Gasteiger partial charge in [0.05, 0.1) is 25.0 Å². The minimum absolute atomic E-state index is 0.270. The third-order valence-electron chi connectivity index (χ3n) is 4.20. The van der Waals surface area contributed by atoms with Gasteiger partial charge in [-0.1, -0.05) is 0 Å². The van der Waals surface area contributed by atoms with Crippen molar-refractivity contribution < 1.29 is 14.3 Å². The second kappa shape index (κ2) is 6.87. The number of hydrogen-bond donors (Lipinski definition) is 1. The van der Waals surface area contributed by atoms with Crippen LogP contribution >= 0.6 is 0 Å². The van der Waals surface area contributed by atoms with Gasteiger partial charge < -0.3 is 19.7 Å². The zero-order valence-corrected chi connectivity index (χ0v) is 14.3. The maximum Gasteiger partial charge on any atom is 0.409 e. The van der Waals surface area contributed by atoms with Crippen molar-refractivity contribution in [1.82, 2.24) is 24.7 Å². The number of methoxy groups -OCH3 is 1. The zero-order chi connectivity index (χ0) is 17.9. The third-order valence-corrected chi connectivity index (χ3v) is 4.20. The Bertz CT molecular complexity index is 924. The highest BCUT2D eigenvalue weighted by molar-refractivity contribution is 5.73. The maximum atomic E-state index is 11.5. The van der Waals surface area contributed by atoms with Gasteiger partial charge in [-0.15, -0.1) is 10.2 Å². The van der Waals surface area contributed by atoms with Gasteiger partial charge in [0.25, 0.3) is 0 Å². The van der Waals surface area contributed by atoms with Crippen molar-refractivity contribution in [2.24, 2.45) is 0 Å². The highest BCUT2D eigenvalue weighted by Crippen LogP contribution is 2.24. The Morgan fingerprint density at radius 1 is 1.31 bits per heavy atom. The zero-order valence-electron chi connectivity index (χ0n) is 14.3. The molecule has 1 N–H and O–H groups in total. The SMILES string of the molecule is COc1ccc(-c2cc(NCCN3CCOC3=O)c3nncn3n2)cc1. The molecule has 1 aliphatic rings. The summed E-state index contributed by atoms with van der Waals surface area (Å²) >= 11 is 0. The summed E-state index contributed by atoms with van der Waals surface area (Å²) in [5.74, 6) is 0.787. The molecule has 0 unspecified atom stereocenters. The first-order valence-corrected chi connectivity index (χ1v) is 8.25. The van der Waals surface area contributed by atoms with Gasteiger partial charge in [-0.05, 0) is 30.3 Å². The summed E-state index contributed by atoms with van der Waals surface area (Å²) in [5, 5.41) is 15.9. The van der Waals surface area contributed by atoms with Gasteiger partial charge in [0, 0.05) is 18.7 Å². The number of cyclic esters (lactones) is 1. The minimum atomic E-state index is -0.270. The van der Waals surface area contributed by atoms with Crippen LogP contribution < -0.4 is 10.1 Å². The van der Waals surface area contributed by atoms with Gasteiger partial charge >= 0.3 is 6.09 Å². The summed E-state index contributed by atoms with van der Waals surface area (Å²) in [4.78, 5) is 13.2. The molecule has 0 saturated carbocycles. The summed E-state index contributed by atoms with van der Waals surface area (Å²) in [5.41, 5.74) is 3.16. The lowest BCUT2D eigenvalue weighted by molar-refractivity contribution is 0.159. The van der Waals surface area contributed by atoms with Crippen LogP contribution in [0.5, 0.6) is 5.75 Å². The number of anilines is 1. The van der Waals surface area contributed by atoms with E-state index in [0.717, 1.165) is 22.7 Å². The van der Waals surface area contributed by atoms with Gasteiger partial charge in [0.2, 0.25) is 5.65 Å². The number of carbonyl (C=O) groups excluding carboxylic acids is 1. The van der Waals surface area contributed by atoms with E-state index >= 15 is 0 Å². The molecule has 0 aliphatic carbocycles. The minimum Gasteiger partial charge on any atom is -0.497 e. The molecular weight excluding hydrogens is 336 g/mol. The average molecular weight is 354 g/mol. The van der Waals surface area contributed by atoms with Gasteiger partial charge in [-0.2, -0.15) is 9.61 Å². The third kappa shape index (κ3) is 3.10. The fourth-order valence-electron chi connectivity index (χ4n) is 2.81. The van der Waals surface area contributed by atoms with Crippen molar-refractivity contribution in [3.63, 3.8) is 0 Å². The Morgan fingerprint density at radius 3 is 2.88 bits per heavy atom. The summed E-state index contributed by atoms with van der Waals surface area (Å²) in [6, 6.07) is 9.59. The fraction of sp³-hybridized carbons (Fsp3) is 0.294. The van der Waals surface area contributed by atoms with E-state index in [0.29, 0.717) is 31.9 Å². The topological polar surface area (TPSA) is 93.9 Å². The summed E-state index contributed by atoms with van der Waals surface area (Å²) in [6.45, 7) is 2.20. The Hall–Kier alpha value is -3.36. The number of benzene rings is 1. The molecule has 1 fully saturated rings. The van der Waals surface area contributed by atoms with Crippen LogP contribution in [0.4, 0.5) is 10.5 Å². The van der Waals surface area contributed by atoms with Gasteiger partial charge in [-0.25, -0.2) is 4.79 Å². The first kappa shape index (κ1) is 16.1. The lowest BCUT2D eigenvalue weighted by Gasteiger charge is -2.14. The largest absolute Gasteiger partial charge is 0.497 e. The second-order valence-electron chi connectivity index (χ2n) is 5.80. The molecule has 4 rings (SSSR count). The van der Waals surface area contributed by atoms with E-state index in [1.54, 1.807) is 22.9 Å². The Balaban J connectivity index is 1.56. The molecule has 134 valence electrons. The van der Waals surface area contributed by atoms with Crippen molar-refractivity contribution in [3.05, 3.63) is 36.7 Å². The van der Waals surface area contributed by atoms with Gasteiger partial charge in [0.1, 0.15) is 18.7 Å². The molecule has 1 saturated heterocycles. The van der Waals surface area contributed by atoms with Crippen molar-refractivity contribution in [3.8, 4) is 17.0 Å². The lowest BCUT2D eigenvalue weighted by Crippen LogP contribution is -2.29. The molecule has 3 aromatic rings. The van der Waals surface area contributed by atoms with E-state index in [2.05, 4.69) is 20.6 Å². The molecule has 1 aliphatic heterocycles. The molecule has 26 heavy (non-hydrogen) atoms. The van der Waals surface area contributed by atoms with Crippen molar-refractivity contribution in [2.45, 2.75) is 0 Å². The van der Waals surface area contributed by atoms with Crippen LogP contribution in [0.25, 0.3) is 16.9 Å². The number of nitrogens with zero attached hydrogens (tertiary/aromatic N) is 5. The maximum absolute atomic E-state index is 11.5. The Morgan fingerprint density at radius 2 is 2.15 bits per heavy atom. The average Bonchev–Trinajstić information content (AvgIpc) is 3.31. The fourth-order valence-corrected chi connectivity index (χ4v) is 2.81. The van der Waals surface area contributed by atoms with Crippen LogP contribution in [-0.4, -0.2) is 64.2 Å². The summed E-state index contributed by atoms with van der Waals surface area (Å²) in [7, 11) is 1.63. The number of carbonyl (C=O) groups is 1. The molecule has 1 amide bonds. The Labute approximate surface area is 149 Å². The molecule has 0 radical (unpaired) electrons. The van der Waals surface area contributed by atoms with Gasteiger partial charge in [-0.3, -0.25) is 0 Å². The van der Waals surface area contributed by atoms with E-state index < -0.39 is 0 Å². The Kier molecular flexibility index (Phi) is 4.26. The molecule has 0 bridgehead atoms. The summed E-state index contributed by atoms with van der Waals surface area (Å²) < 4.78 is 11.8. The molecule has 0 spiro atoms.